The van der Waals surface area contributed by atoms with Crippen molar-refractivity contribution < 1.29 is 9.47 Å². The van der Waals surface area contributed by atoms with Crippen LogP contribution in [-0.2, 0) is 11.2 Å². The summed E-state index contributed by atoms with van der Waals surface area (Å²) in [6, 6.07) is 8.38. The molecule has 0 saturated carbocycles. The van der Waals surface area contributed by atoms with E-state index in [1.165, 1.54) is 31.2 Å². The lowest BCUT2D eigenvalue weighted by Gasteiger charge is -2.09. The highest BCUT2D eigenvalue weighted by Crippen LogP contribution is 2.26. The van der Waals surface area contributed by atoms with Gasteiger partial charge in [0.2, 0.25) is 0 Å². The van der Waals surface area contributed by atoms with Crippen molar-refractivity contribution in [3.05, 3.63) is 42.0 Å². The third-order valence-electron chi connectivity index (χ3n) is 3.60. The predicted octanol–water partition coefficient (Wildman–Crippen LogP) is 4.53. The molecule has 20 heavy (non-hydrogen) atoms. The molecular formula is C18H26O2. The average Bonchev–Trinajstić information content (AvgIpc) is 3.20. The smallest absolute Gasteiger partial charge is 0.123 e. The molecule has 1 fully saturated rings. The summed E-state index contributed by atoms with van der Waals surface area (Å²) in [5, 5.41) is 0. The van der Waals surface area contributed by atoms with Gasteiger partial charge in [0.25, 0.3) is 0 Å². The topological polar surface area (TPSA) is 21.8 Å². The van der Waals surface area contributed by atoms with Crippen LogP contribution < -0.4 is 4.74 Å². The Morgan fingerprint density at radius 2 is 1.95 bits per heavy atom. The van der Waals surface area contributed by atoms with Crippen LogP contribution in [-0.4, -0.2) is 18.8 Å². The average molecular weight is 274 g/mol. The van der Waals surface area contributed by atoms with E-state index in [0.29, 0.717) is 6.61 Å². The minimum atomic E-state index is -0.0418. The van der Waals surface area contributed by atoms with Crippen molar-refractivity contribution in [3.63, 3.8) is 0 Å². The van der Waals surface area contributed by atoms with Gasteiger partial charge in [-0.15, -0.1) is 0 Å². The first-order valence-corrected chi connectivity index (χ1v) is 7.72. The van der Waals surface area contributed by atoms with Gasteiger partial charge in [0.15, 0.2) is 0 Å². The summed E-state index contributed by atoms with van der Waals surface area (Å²) in [6.07, 6.45) is 10.7. The maximum absolute atomic E-state index is 5.71. The number of unbranched alkanes of at least 4 members (excludes halogenated alkanes) is 3. The SMILES string of the molecule is CCCCC/C=C/Cc1ccc(OCC2(C)CO2)cc1. The fourth-order valence-electron chi connectivity index (χ4n) is 2.01. The normalized spacial score (nSPS) is 21.3. The molecule has 1 aliphatic heterocycles. The number of epoxide rings is 1. The number of hydrogen-bond acceptors (Lipinski definition) is 2. The second-order valence-corrected chi connectivity index (χ2v) is 5.84. The summed E-state index contributed by atoms with van der Waals surface area (Å²) in [7, 11) is 0. The second-order valence-electron chi connectivity index (χ2n) is 5.84. The lowest BCUT2D eigenvalue weighted by Crippen LogP contribution is -2.16. The molecule has 0 aromatic heterocycles. The van der Waals surface area contributed by atoms with Gasteiger partial charge in [0.1, 0.15) is 18.0 Å². The van der Waals surface area contributed by atoms with Gasteiger partial charge in [0, 0.05) is 0 Å². The van der Waals surface area contributed by atoms with Gasteiger partial charge in [-0.3, -0.25) is 0 Å². The predicted molar refractivity (Wildman–Crippen MR) is 83.3 cm³/mol. The van der Waals surface area contributed by atoms with Crippen LogP contribution >= 0.6 is 0 Å². The van der Waals surface area contributed by atoms with Crippen LogP contribution in [0.1, 0.15) is 45.1 Å². The molecule has 0 N–H and O–H groups in total. The van der Waals surface area contributed by atoms with Crippen molar-refractivity contribution in [1.29, 1.82) is 0 Å². The first-order chi connectivity index (χ1) is 9.72. The molecule has 0 amide bonds. The Morgan fingerprint density at radius 1 is 1.20 bits per heavy atom. The van der Waals surface area contributed by atoms with E-state index in [1.54, 1.807) is 0 Å². The Balaban J connectivity index is 1.68. The summed E-state index contributed by atoms with van der Waals surface area (Å²) in [5.74, 6) is 0.928. The standard InChI is InChI=1S/C18H26O2/c1-3-4-5-6-7-8-9-16-10-12-17(13-11-16)19-14-18(2)15-20-18/h7-8,10-13H,3-6,9,14-15H2,1-2H3/b8-7+. The van der Waals surface area contributed by atoms with E-state index in [0.717, 1.165) is 18.8 Å². The van der Waals surface area contributed by atoms with E-state index in [4.69, 9.17) is 9.47 Å². The highest BCUT2D eigenvalue weighted by Gasteiger charge is 2.40. The van der Waals surface area contributed by atoms with Crippen molar-refractivity contribution in [1.82, 2.24) is 0 Å². The van der Waals surface area contributed by atoms with Gasteiger partial charge >= 0.3 is 0 Å². The Morgan fingerprint density at radius 3 is 2.60 bits per heavy atom. The van der Waals surface area contributed by atoms with Crippen molar-refractivity contribution >= 4 is 0 Å². The van der Waals surface area contributed by atoms with Crippen LogP contribution in [0.15, 0.2) is 36.4 Å². The van der Waals surface area contributed by atoms with Crippen LogP contribution in [0.4, 0.5) is 0 Å². The third-order valence-corrected chi connectivity index (χ3v) is 3.60. The van der Waals surface area contributed by atoms with Crippen LogP contribution in [0.25, 0.3) is 0 Å². The summed E-state index contributed by atoms with van der Waals surface area (Å²) in [4.78, 5) is 0. The zero-order valence-corrected chi connectivity index (χ0v) is 12.7. The van der Waals surface area contributed by atoms with E-state index in [2.05, 4.69) is 38.1 Å². The molecular weight excluding hydrogens is 248 g/mol. The Bertz CT molecular complexity index is 416. The molecule has 1 aliphatic rings. The van der Waals surface area contributed by atoms with Gasteiger partial charge in [-0.25, -0.2) is 0 Å². The number of allylic oxidation sites excluding steroid dienone is 2. The molecule has 0 bridgehead atoms. The minimum absolute atomic E-state index is 0.0418. The van der Waals surface area contributed by atoms with Gasteiger partial charge < -0.3 is 9.47 Å². The van der Waals surface area contributed by atoms with Gasteiger partial charge in [-0.2, -0.15) is 0 Å². The Kier molecular flexibility index (Phi) is 5.66. The Hall–Kier alpha value is -1.28. The monoisotopic (exact) mass is 274 g/mol. The highest BCUT2D eigenvalue weighted by atomic mass is 16.6. The molecule has 0 spiro atoms. The lowest BCUT2D eigenvalue weighted by molar-refractivity contribution is 0.202. The second kappa shape index (κ2) is 7.49. The minimum Gasteiger partial charge on any atom is -0.491 e. The summed E-state index contributed by atoms with van der Waals surface area (Å²) >= 11 is 0. The number of ether oxygens (including phenoxy) is 2. The molecule has 1 aromatic carbocycles. The maximum atomic E-state index is 5.71. The number of hydrogen-bond donors (Lipinski definition) is 0. The maximum Gasteiger partial charge on any atom is 0.123 e. The molecule has 2 nitrogen and oxygen atoms in total. The Labute approximate surface area is 122 Å². The molecule has 1 heterocycles. The van der Waals surface area contributed by atoms with Crippen LogP contribution in [0.5, 0.6) is 5.75 Å². The molecule has 1 unspecified atom stereocenters. The van der Waals surface area contributed by atoms with E-state index >= 15 is 0 Å². The largest absolute Gasteiger partial charge is 0.491 e. The summed E-state index contributed by atoms with van der Waals surface area (Å²) in [5.41, 5.74) is 1.29. The molecule has 2 rings (SSSR count). The molecule has 0 aliphatic carbocycles. The molecule has 1 saturated heterocycles. The number of rotatable bonds is 9. The molecule has 1 atom stereocenters. The highest BCUT2D eigenvalue weighted by molar-refractivity contribution is 5.28. The van der Waals surface area contributed by atoms with Crippen LogP contribution in [0, 0.1) is 0 Å². The quantitative estimate of drug-likeness (QED) is 0.375. The molecule has 2 heteroatoms. The zero-order valence-electron chi connectivity index (χ0n) is 12.7. The first-order valence-electron chi connectivity index (χ1n) is 7.72. The summed E-state index contributed by atoms with van der Waals surface area (Å²) < 4.78 is 11.0. The fraction of sp³-hybridized carbons (Fsp3) is 0.556. The fourth-order valence-corrected chi connectivity index (χ4v) is 2.01. The van der Waals surface area contributed by atoms with E-state index in [1.807, 2.05) is 12.1 Å². The molecule has 0 radical (unpaired) electrons. The van der Waals surface area contributed by atoms with Crippen molar-refractivity contribution in [2.24, 2.45) is 0 Å². The lowest BCUT2D eigenvalue weighted by atomic mass is 10.1. The van der Waals surface area contributed by atoms with Crippen molar-refractivity contribution in [3.8, 4) is 5.75 Å². The first kappa shape index (κ1) is 15.1. The third kappa shape index (κ3) is 5.38. The van der Waals surface area contributed by atoms with E-state index < -0.39 is 0 Å². The zero-order chi connectivity index (χ0) is 14.3. The van der Waals surface area contributed by atoms with Gasteiger partial charge in [-0.05, 0) is 43.9 Å². The van der Waals surface area contributed by atoms with Crippen molar-refractivity contribution in [2.45, 2.75) is 51.6 Å². The van der Waals surface area contributed by atoms with E-state index in [9.17, 15) is 0 Å². The summed E-state index contributed by atoms with van der Waals surface area (Å²) in [6.45, 7) is 5.77. The molecule has 110 valence electrons. The number of benzene rings is 1. The molecule has 1 aromatic rings. The van der Waals surface area contributed by atoms with Gasteiger partial charge in [-0.1, -0.05) is 44.1 Å². The van der Waals surface area contributed by atoms with Gasteiger partial charge in [0.05, 0.1) is 6.61 Å². The van der Waals surface area contributed by atoms with Crippen LogP contribution in [0.2, 0.25) is 0 Å². The van der Waals surface area contributed by atoms with Crippen molar-refractivity contribution in [2.75, 3.05) is 13.2 Å². The van der Waals surface area contributed by atoms with E-state index in [-0.39, 0.29) is 5.60 Å². The van der Waals surface area contributed by atoms with Crippen LogP contribution in [0.3, 0.4) is 0 Å².